The summed E-state index contributed by atoms with van der Waals surface area (Å²) >= 11 is 1.16. The molecule has 2 heterocycles. The first-order valence-electron chi connectivity index (χ1n) is 11.5. The zero-order valence-electron chi connectivity index (χ0n) is 19.7. The second-order valence-electron chi connectivity index (χ2n) is 8.46. The van der Waals surface area contributed by atoms with Gasteiger partial charge < -0.3 is 10.1 Å². The number of nitrogens with zero attached hydrogens (tertiary/aromatic N) is 3. The summed E-state index contributed by atoms with van der Waals surface area (Å²) in [6.07, 6.45) is 0.363. The molecular weight excluding hydrogens is 498 g/mol. The molecule has 1 N–H and O–H groups in total. The van der Waals surface area contributed by atoms with E-state index in [1.807, 2.05) is 0 Å². The molecule has 188 valence electrons. The monoisotopic (exact) mass is 520 g/mol. The SMILES string of the molecule is COc1ccccc1NC(=O)C[C@H]1SC(N2N=C(c3ccc(F)cc3)C[C@@H]2c2ccc(F)cc2)=NC1=O. The maximum absolute atomic E-state index is 13.6. The number of ether oxygens (including phenoxy) is 1. The Morgan fingerprint density at radius 1 is 1.05 bits per heavy atom. The van der Waals surface area contributed by atoms with Crippen LogP contribution in [-0.2, 0) is 9.59 Å². The Morgan fingerprint density at radius 3 is 2.43 bits per heavy atom. The molecule has 0 radical (unpaired) electrons. The minimum Gasteiger partial charge on any atom is -0.495 e. The van der Waals surface area contributed by atoms with E-state index in [0.717, 1.165) is 22.9 Å². The van der Waals surface area contributed by atoms with Crippen molar-refractivity contribution < 1.29 is 23.1 Å². The summed E-state index contributed by atoms with van der Waals surface area (Å²) in [4.78, 5) is 29.7. The largest absolute Gasteiger partial charge is 0.495 e. The Morgan fingerprint density at radius 2 is 1.73 bits per heavy atom. The number of nitrogens with one attached hydrogen (secondary N) is 1. The van der Waals surface area contributed by atoms with E-state index in [1.165, 1.54) is 31.4 Å². The van der Waals surface area contributed by atoms with Crippen LogP contribution in [0.3, 0.4) is 0 Å². The van der Waals surface area contributed by atoms with Crippen molar-refractivity contribution in [3.05, 3.63) is 95.6 Å². The van der Waals surface area contributed by atoms with E-state index in [9.17, 15) is 18.4 Å². The summed E-state index contributed by atoms with van der Waals surface area (Å²) in [5.41, 5.74) is 2.72. The number of hydrazone groups is 1. The number of amidine groups is 1. The standard InChI is InChI=1S/C27H22F2N4O3S/c1-36-23-5-3-2-4-20(23)30-25(34)15-24-26(35)31-27(37-24)33-22(17-8-12-19(29)13-9-17)14-21(32-33)16-6-10-18(28)11-7-16/h2-13,22,24H,14-15H2,1H3,(H,30,34)/t22-,24-/m1/s1. The van der Waals surface area contributed by atoms with Gasteiger partial charge in [0.05, 0.1) is 24.6 Å². The molecule has 0 saturated heterocycles. The van der Waals surface area contributed by atoms with Crippen molar-refractivity contribution >= 4 is 40.1 Å². The van der Waals surface area contributed by atoms with E-state index in [4.69, 9.17) is 9.84 Å². The van der Waals surface area contributed by atoms with Gasteiger partial charge >= 0.3 is 0 Å². The van der Waals surface area contributed by atoms with Gasteiger partial charge in [0, 0.05) is 12.8 Å². The van der Waals surface area contributed by atoms with Crippen molar-refractivity contribution in [2.45, 2.75) is 24.1 Å². The Hall–Kier alpha value is -4.05. The lowest BCUT2D eigenvalue weighted by Crippen LogP contribution is -2.25. The normalized spacial score (nSPS) is 19.0. The molecule has 37 heavy (non-hydrogen) atoms. The second kappa shape index (κ2) is 10.5. The average molecular weight is 521 g/mol. The first-order valence-corrected chi connectivity index (χ1v) is 12.4. The van der Waals surface area contributed by atoms with Crippen LogP contribution in [0, 0.1) is 11.6 Å². The van der Waals surface area contributed by atoms with E-state index < -0.39 is 11.2 Å². The molecule has 0 fully saturated rings. The quantitative estimate of drug-likeness (QED) is 0.486. The molecule has 3 aromatic carbocycles. The van der Waals surface area contributed by atoms with E-state index in [2.05, 4.69) is 10.3 Å². The predicted octanol–water partition coefficient (Wildman–Crippen LogP) is 5.15. The molecule has 0 aromatic heterocycles. The van der Waals surface area contributed by atoms with Crippen molar-refractivity contribution in [2.75, 3.05) is 12.4 Å². The van der Waals surface area contributed by atoms with E-state index in [0.29, 0.717) is 28.7 Å². The Balaban J connectivity index is 1.35. The van der Waals surface area contributed by atoms with Crippen molar-refractivity contribution in [3.63, 3.8) is 0 Å². The fourth-order valence-corrected chi connectivity index (χ4v) is 5.23. The van der Waals surface area contributed by atoms with E-state index in [1.54, 1.807) is 53.5 Å². The zero-order valence-corrected chi connectivity index (χ0v) is 20.5. The van der Waals surface area contributed by atoms with Crippen LogP contribution < -0.4 is 10.1 Å². The summed E-state index contributed by atoms with van der Waals surface area (Å²) in [6, 6.07) is 18.7. The van der Waals surface area contributed by atoms with Crippen molar-refractivity contribution in [2.24, 2.45) is 10.1 Å². The third-order valence-electron chi connectivity index (χ3n) is 6.02. The number of benzene rings is 3. The number of carbonyl (C=O) groups excluding carboxylic acids is 2. The van der Waals surface area contributed by atoms with Crippen LogP contribution in [0.2, 0.25) is 0 Å². The molecular formula is C27H22F2N4O3S. The Kier molecular flexibility index (Phi) is 7.00. The van der Waals surface area contributed by atoms with Crippen molar-refractivity contribution in [1.82, 2.24) is 5.01 Å². The molecule has 5 rings (SSSR count). The third kappa shape index (κ3) is 5.39. The van der Waals surface area contributed by atoms with Crippen molar-refractivity contribution in [3.8, 4) is 5.75 Å². The lowest BCUT2D eigenvalue weighted by atomic mass is 9.98. The van der Waals surface area contributed by atoms with Crippen LogP contribution in [0.25, 0.3) is 0 Å². The van der Waals surface area contributed by atoms with Gasteiger partial charge in [-0.1, -0.05) is 48.2 Å². The van der Waals surface area contributed by atoms with Crippen LogP contribution in [-0.4, -0.2) is 40.1 Å². The number of thioether (sulfide) groups is 1. The number of aliphatic imine (C=N–C) groups is 1. The molecule has 3 aromatic rings. The van der Waals surface area contributed by atoms with Gasteiger partial charge in [-0.05, 0) is 47.5 Å². The highest BCUT2D eigenvalue weighted by molar-refractivity contribution is 8.15. The fraction of sp³-hybridized carbons (Fsp3) is 0.185. The van der Waals surface area contributed by atoms with Crippen LogP contribution in [0.5, 0.6) is 5.75 Å². The molecule has 2 atom stereocenters. The molecule has 0 aliphatic carbocycles. The van der Waals surface area contributed by atoms with Gasteiger partial charge in [0.1, 0.15) is 22.6 Å². The smallest absolute Gasteiger partial charge is 0.262 e. The number of hydrogen-bond donors (Lipinski definition) is 1. The molecule has 2 amide bonds. The number of halogens is 2. The number of para-hydroxylation sites is 2. The summed E-state index contributed by atoms with van der Waals surface area (Å²) < 4.78 is 32.3. The second-order valence-corrected chi connectivity index (χ2v) is 9.63. The molecule has 0 spiro atoms. The molecule has 0 bridgehead atoms. The number of methoxy groups -OCH3 is 1. The van der Waals surface area contributed by atoms with Crippen LogP contribution in [0.4, 0.5) is 14.5 Å². The fourth-order valence-electron chi connectivity index (χ4n) is 4.17. The number of hydrogen-bond acceptors (Lipinski definition) is 6. The lowest BCUT2D eigenvalue weighted by molar-refractivity contribution is -0.121. The summed E-state index contributed by atoms with van der Waals surface area (Å²) in [7, 11) is 1.51. The molecule has 2 aliphatic heterocycles. The Labute approximate surface area is 216 Å². The predicted molar refractivity (Wildman–Crippen MR) is 139 cm³/mol. The first-order chi connectivity index (χ1) is 17.9. The van der Waals surface area contributed by atoms with Gasteiger partial charge in [-0.15, -0.1) is 0 Å². The highest BCUT2D eigenvalue weighted by Gasteiger charge is 2.39. The van der Waals surface area contributed by atoms with Crippen LogP contribution >= 0.6 is 11.8 Å². The van der Waals surface area contributed by atoms with Gasteiger partial charge in [0.2, 0.25) is 5.91 Å². The number of amides is 2. The van der Waals surface area contributed by atoms with E-state index in [-0.39, 0.29) is 30.0 Å². The average Bonchev–Trinajstić information content (AvgIpc) is 3.49. The number of carbonyl (C=O) groups is 2. The summed E-state index contributed by atoms with van der Waals surface area (Å²) in [5.74, 6) is -0.987. The highest BCUT2D eigenvalue weighted by atomic mass is 32.2. The molecule has 7 nitrogen and oxygen atoms in total. The topological polar surface area (TPSA) is 83.4 Å². The van der Waals surface area contributed by atoms with Crippen molar-refractivity contribution in [1.29, 1.82) is 0 Å². The number of rotatable bonds is 6. The van der Waals surface area contributed by atoms with Gasteiger partial charge in [0.25, 0.3) is 5.91 Å². The summed E-state index contributed by atoms with van der Waals surface area (Å²) in [5, 5.41) is 8.75. The third-order valence-corrected chi connectivity index (χ3v) is 7.16. The molecule has 0 unspecified atom stereocenters. The number of anilines is 1. The minimum absolute atomic E-state index is 0.0852. The molecule has 0 saturated carbocycles. The zero-order chi connectivity index (χ0) is 25.9. The molecule has 2 aliphatic rings. The van der Waals surface area contributed by atoms with Crippen LogP contribution in [0.1, 0.15) is 30.0 Å². The van der Waals surface area contributed by atoms with E-state index >= 15 is 0 Å². The van der Waals surface area contributed by atoms with Gasteiger partial charge in [-0.3, -0.25) is 9.59 Å². The first kappa shape index (κ1) is 24.6. The van der Waals surface area contributed by atoms with Gasteiger partial charge in [-0.2, -0.15) is 10.1 Å². The summed E-state index contributed by atoms with van der Waals surface area (Å²) in [6.45, 7) is 0. The maximum Gasteiger partial charge on any atom is 0.262 e. The highest BCUT2D eigenvalue weighted by Crippen LogP contribution is 2.38. The Bertz CT molecular complexity index is 1390. The van der Waals surface area contributed by atoms with Gasteiger partial charge in [-0.25, -0.2) is 13.8 Å². The van der Waals surface area contributed by atoms with Crippen LogP contribution in [0.15, 0.2) is 82.9 Å². The lowest BCUT2D eigenvalue weighted by Gasteiger charge is -2.23. The molecule has 10 heteroatoms. The van der Waals surface area contributed by atoms with Gasteiger partial charge in [0.15, 0.2) is 5.17 Å². The maximum atomic E-state index is 13.6. The minimum atomic E-state index is -0.719.